The van der Waals surface area contributed by atoms with Crippen molar-refractivity contribution < 1.29 is 19.2 Å². The maximum absolute atomic E-state index is 11.8. The fourth-order valence-electron chi connectivity index (χ4n) is 1.43. The van der Waals surface area contributed by atoms with Gasteiger partial charge in [-0.05, 0) is 6.42 Å². The second kappa shape index (κ2) is 6.47. The number of nitrogens with zero attached hydrogens (tertiary/aromatic N) is 3. The lowest BCUT2D eigenvalue weighted by molar-refractivity contribution is -0.385. The summed E-state index contributed by atoms with van der Waals surface area (Å²) in [5.74, 6) is -1.03. The quantitative estimate of drug-likeness (QED) is 0.443. The van der Waals surface area contributed by atoms with Gasteiger partial charge in [0.1, 0.15) is 25.0 Å². The number of nitrogens with one attached hydrogen (secondary N) is 1. The Kier molecular flexibility index (Phi) is 4.98. The zero-order valence-corrected chi connectivity index (χ0v) is 10.5. The van der Waals surface area contributed by atoms with Crippen molar-refractivity contribution in [3.8, 4) is 0 Å². The monoisotopic (exact) mass is 270 g/mol. The van der Waals surface area contributed by atoms with Crippen molar-refractivity contribution in [3.05, 3.63) is 22.5 Å². The number of hydrogen-bond donors (Lipinski definition) is 1. The Morgan fingerprint density at radius 2 is 2.32 bits per heavy atom. The molecule has 1 unspecified atom stereocenters. The minimum atomic E-state index is -0.710. The molecule has 1 amide bonds. The third-order valence-corrected chi connectivity index (χ3v) is 2.44. The minimum Gasteiger partial charge on any atom is -0.468 e. The summed E-state index contributed by atoms with van der Waals surface area (Å²) in [6.07, 6.45) is 2.62. The van der Waals surface area contributed by atoms with E-state index >= 15 is 0 Å². The standard InChI is InChI=1S/C10H14N4O5/c1-3-8(10(16)11-5-9(15)19-2)13-6-7(4-12-13)14(17)18/h4,6,8H,3,5H2,1-2H3,(H,11,16). The lowest BCUT2D eigenvalue weighted by Gasteiger charge is -2.14. The SMILES string of the molecule is CCC(C(=O)NCC(=O)OC)n1cc([N+](=O)[O-])cn1. The average molecular weight is 270 g/mol. The maximum atomic E-state index is 11.8. The van der Waals surface area contributed by atoms with Crippen LogP contribution in [0.25, 0.3) is 0 Å². The number of nitro groups is 1. The Morgan fingerprint density at radius 3 is 2.79 bits per heavy atom. The van der Waals surface area contributed by atoms with Crippen LogP contribution in [0.15, 0.2) is 12.4 Å². The molecule has 0 radical (unpaired) electrons. The molecule has 0 saturated heterocycles. The summed E-state index contributed by atoms with van der Waals surface area (Å²) in [5.41, 5.74) is -0.195. The number of ether oxygens (including phenoxy) is 1. The third-order valence-electron chi connectivity index (χ3n) is 2.44. The summed E-state index contributed by atoms with van der Waals surface area (Å²) >= 11 is 0. The fourth-order valence-corrected chi connectivity index (χ4v) is 1.43. The number of rotatable bonds is 6. The number of esters is 1. The topological polar surface area (TPSA) is 116 Å². The molecule has 104 valence electrons. The zero-order chi connectivity index (χ0) is 14.4. The number of aromatic nitrogens is 2. The van der Waals surface area contributed by atoms with E-state index in [0.29, 0.717) is 6.42 Å². The lowest BCUT2D eigenvalue weighted by Crippen LogP contribution is -2.36. The first-order valence-corrected chi connectivity index (χ1v) is 5.52. The van der Waals surface area contributed by atoms with E-state index < -0.39 is 22.8 Å². The minimum absolute atomic E-state index is 0.195. The first kappa shape index (κ1) is 14.6. The van der Waals surface area contributed by atoms with Gasteiger partial charge < -0.3 is 10.1 Å². The number of methoxy groups -OCH3 is 1. The van der Waals surface area contributed by atoms with E-state index in [2.05, 4.69) is 15.2 Å². The Hall–Kier alpha value is -2.45. The molecule has 19 heavy (non-hydrogen) atoms. The van der Waals surface area contributed by atoms with Gasteiger partial charge in [-0.3, -0.25) is 24.4 Å². The molecule has 0 aliphatic heterocycles. The van der Waals surface area contributed by atoms with E-state index in [1.807, 2.05) is 0 Å². The summed E-state index contributed by atoms with van der Waals surface area (Å²) in [6, 6.07) is -0.710. The largest absolute Gasteiger partial charge is 0.468 e. The van der Waals surface area contributed by atoms with Crippen LogP contribution in [0.5, 0.6) is 0 Å². The van der Waals surface area contributed by atoms with Crippen molar-refractivity contribution in [3.63, 3.8) is 0 Å². The average Bonchev–Trinajstić information content (AvgIpc) is 2.86. The first-order valence-electron chi connectivity index (χ1n) is 5.52. The molecule has 9 nitrogen and oxygen atoms in total. The van der Waals surface area contributed by atoms with Gasteiger partial charge in [-0.2, -0.15) is 5.10 Å². The van der Waals surface area contributed by atoms with Crippen molar-refractivity contribution in [1.29, 1.82) is 0 Å². The van der Waals surface area contributed by atoms with Crippen LogP contribution in [0, 0.1) is 10.1 Å². The van der Waals surface area contributed by atoms with E-state index in [1.54, 1.807) is 6.92 Å². The van der Waals surface area contributed by atoms with Gasteiger partial charge in [0.15, 0.2) is 0 Å². The van der Waals surface area contributed by atoms with Crippen LogP contribution in [0.4, 0.5) is 5.69 Å². The molecule has 1 heterocycles. The second-order valence-electron chi connectivity index (χ2n) is 3.65. The smallest absolute Gasteiger partial charge is 0.325 e. The summed E-state index contributed by atoms with van der Waals surface area (Å²) in [5, 5.41) is 16.7. The van der Waals surface area contributed by atoms with Crippen LogP contribution in [-0.4, -0.2) is 40.2 Å². The van der Waals surface area contributed by atoms with E-state index in [9.17, 15) is 19.7 Å². The summed E-state index contributed by atoms with van der Waals surface area (Å²) in [7, 11) is 1.21. The second-order valence-corrected chi connectivity index (χ2v) is 3.65. The van der Waals surface area contributed by atoms with Crippen LogP contribution in [0.3, 0.4) is 0 Å². The van der Waals surface area contributed by atoms with Crippen molar-refractivity contribution in [2.75, 3.05) is 13.7 Å². The lowest BCUT2D eigenvalue weighted by atomic mass is 10.2. The summed E-state index contributed by atoms with van der Waals surface area (Å²) < 4.78 is 5.59. The molecule has 1 N–H and O–H groups in total. The van der Waals surface area contributed by atoms with Crippen molar-refractivity contribution >= 4 is 17.6 Å². The number of amides is 1. The Morgan fingerprint density at radius 1 is 1.63 bits per heavy atom. The van der Waals surface area contributed by atoms with Crippen LogP contribution in [0.2, 0.25) is 0 Å². The van der Waals surface area contributed by atoms with Gasteiger partial charge in [0.05, 0.1) is 12.0 Å². The third kappa shape index (κ3) is 3.76. The highest BCUT2D eigenvalue weighted by Crippen LogP contribution is 2.15. The molecule has 0 aromatic carbocycles. The number of hydrogen-bond acceptors (Lipinski definition) is 6. The molecule has 1 aromatic rings. The molecule has 1 atom stereocenters. The normalized spacial score (nSPS) is 11.7. The highest BCUT2D eigenvalue weighted by Gasteiger charge is 2.22. The van der Waals surface area contributed by atoms with Gasteiger partial charge in [0, 0.05) is 0 Å². The number of carbonyl (C=O) groups is 2. The zero-order valence-electron chi connectivity index (χ0n) is 10.5. The predicted octanol–water partition coefficient (Wildman–Crippen LogP) is 0.0316. The van der Waals surface area contributed by atoms with E-state index in [-0.39, 0.29) is 12.2 Å². The van der Waals surface area contributed by atoms with E-state index in [0.717, 1.165) is 6.20 Å². The highest BCUT2D eigenvalue weighted by molar-refractivity contribution is 5.84. The molecular weight excluding hydrogens is 256 g/mol. The van der Waals surface area contributed by atoms with Crippen LogP contribution in [-0.2, 0) is 14.3 Å². The first-order chi connectivity index (χ1) is 8.99. The Balaban J connectivity index is 2.73. The molecule has 1 aromatic heterocycles. The van der Waals surface area contributed by atoms with Crippen molar-refractivity contribution in [1.82, 2.24) is 15.1 Å². The summed E-state index contributed by atoms with van der Waals surface area (Å²) in [4.78, 5) is 32.7. The van der Waals surface area contributed by atoms with Crippen LogP contribution in [0.1, 0.15) is 19.4 Å². The number of carbonyl (C=O) groups excluding carboxylic acids is 2. The van der Waals surface area contributed by atoms with Crippen LogP contribution >= 0.6 is 0 Å². The maximum Gasteiger partial charge on any atom is 0.325 e. The molecule has 0 saturated carbocycles. The van der Waals surface area contributed by atoms with Gasteiger partial charge in [-0.15, -0.1) is 0 Å². The molecule has 0 fully saturated rings. The molecule has 9 heteroatoms. The molecule has 0 bridgehead atoms. The molecule has 0 aliphatic rings. The molecule has 0 spiro atoms. The Bertz CT molecular complexity index is 484. The van der Waals surface area contributed by atoms with Gasteiger partial charge in [-0.25, -0.2) is 0 Å². The van der Waals surface area contributed by atoms with E-state index in [4.69, 9.17) is 0 Å². The van der Waals surface area contributed by atoms with Gasteiger partial charge in [0.2, 0.25) is 5.91 Å². The molecular formula is C10H14N4O5. The van der Waals surface area contributed by atoms with E-state index in [1.165, 1.54) is 18.0 Å². The van der Waals surface area contributed by atoms with Crippen molar-refractivity contribution in [2.24, 2.45) is 0 Å². The summed E-state index contributed by atoms with van der Waals surface area (Å²) in [6.45, 7) is 1.48. The Labute approximate surface area is 108 Å². The predicted molar refractivity (Wildman–Crippen MR) is 63.2 cm³/mol. The van der Waals surface area contributed by atoms with Gasteiger partial charge >= 0.3 is 11.7 Å². The fraction of sp³-hybridized carbons (Fsp3) is 0.500. The highest BCUT2D eigenvalue weighted by atomic mass is 16.6. The molecule has 0 aliphatic carbocycles. The van der Waals surface area contributed by atoms with Gasteiger partial charge in [-0.1, -0.05) is 6.92 Å². The van der Waals surface area contributed by atoms with Crippen LogP contribution < -0.4 is 5.32 Å². The van der Waals surface area contributed by atoms with Gasteiger partial charge in [0.25, 0.3) is 0 Å². The molecule has 1 rings (SSSR count). The van der Waals surface area contributed by atoms with Crippen molar-refractivity contribution in [2.45, 2.75) is 19.4 Å².